The first-order valence-electron chi connectivity index (χ1n) is 4.34. The summed E-state index contributed by atoms with van der Waals surface area (Å²) < 4.78 is 0. The minimum atomic E-state index is -0.155. The van der Waals surface area contributed by atoms with Gasteiger partial charge in [-0.1, -0.05) is 0 Å². The van der Waals surface area contributed by atoms with Crippen LogP contribution in [0.4, 0.5) is 5.82 Å². The van der Waals surface area contributed by atoms with E-state index in [0.717, 1.165) is 5.69 Å². The molecule has 0 aliphatic heterocycles. The zero-order valence-electron chi connectivity index (χ0n) is 8.20. The molecule has 0 atom stereocenters. The van der Waals surface area contributed by atoms with Gasteiger partial charge in [0.25, 0.3) is 0 Å². The summed E-state index contributed by atoms with van der Waals surface area (Å²) in [5.74, 6) is 0.391. The van der Waals surface area contributed by atoms with Crippen LogP contribution in [0.5, 0.6) is 0 Å². The molecular weight excluding hydrogens is 202 g/mol. The normalized spacial score (nSPS) is 9.93. The van der Waals surface area contributed by atoms with Gasteiger partial charge in [-0.15, -0.1) is 11.6 Å². The number of anilines is 1. The third kappa shape index (κ3) is 2.20. The summed E-state index contributed by atoms with van der Waals surface area (Å²) >= 11 is 5.49. The van der Waals surface area contributed by atoms with Crippen molar-refractivity contribution in [1.82, 2.24) is 9.97 Å². The Morgan fingerprint density at radius 2 is 2.14 bits per heavy atom. The monoisotopic (exact) mass is 213 g/mol. The average molecular weight is 214 g/mol. The average Bonchev–Trinajstić information content (AvgIpc) is 2.21. The summed E-state index contributed by atoms with van der Waals surface area (Å²) in [6.07, 6.45) is 3.16. The smallest absolute Gasteiger partial charge is 0.243 e. The summed E-state index contributed by atoms with van der Waals surface area (Å²) in [4.78, 5) is 21.1. The van der Waals surface area contributed by atoms with E-state index in [4.69, 9.17) is 11.6 Å². The molecule has 0 saturated heterocycles. The second kappa shape index (κ2) is 4.91. The molecule has 0 N–H and O–H groups in total. The number of amides is 1. The molecule has 5 heteroatoms. The van der Waals surface area contributed by atoms with Crippen LogP contribution >= 0.6 is 11.6 Å². The molecule has 1 heterocycles. The zero-order valence-corrected chi connectivity index (χ0v) is 8.95. The highest BCUT2D eigenvalue weighted by Gasteiger charge is 2.15. The third-order valence-corrected chi connectivity index (χ3v) is 2.07. The van der Waals surface area contributed by atoms with Crippen LogP contribution in [0, 0.1) is 6.92 Å². The molecule has 0 unspecified atom stereocenters. The quantitative estimate of drug-likeness (QED) is 0.713. The Hall–Kier alpha value is -1.16. The van der Waals surface area contributed by atoms with Crippen LogP contribution in [-0.4, -0.2) is 28.3 Å². The highest BCUT2D eigenvalue weighted by Crippen LogP contribution is 2.13. The lowest BCUT2D eigenvalue weighted by atomic mass is 10.4. The Morgan fingerprint density at radius 1 is 1.50 bits per heavy atom. The summed E-state index contributed by atoms with van der Waals surface area (Å²) in [5.41, 5.74) is 0.729. The van der Waals surface area contributed by atoms with Gasteiger partial charge in [-0.25, -0.2) is 4.98 Å². The summed E-state index contributed by atoms with van der Waals surface area (Å²) in [7, 11) is 0. The minimum absolute atomic E-state index is 0.0378. The number of aromatic nitrogens is 2. The number of aryl methyl sites for hydroxylation is 1. The summed E-state index contributed by atoms with van der Waals surface area (Å²) in [6, 6.07) is 0. The zero-order chi connectivity index (χ0) is 10.6. The molecule has 0 saturated carbocycles. The number of halogens is 1. The van der Waals surface area contributed by atoms with Gasteiger partial charge < -0.3 is 0 Å². The first-order chi connectivity index (χ1) is 6.70. The number of hydrogen-bond donors (Lipinski definition) is 0. The fraction of sp³-hybridized carbons (Fsp3) is 0.444. The van der Waals surface area contributed by atoms with Gasteiger partial charge in [0.05, 0.1) is 5.69 Å². The van der Waals surface area contributed by atoms with Crippen LogP contribution in [-0.2, 0) is 4.79 Å². The second-order valence-corrected chi connectivity index (χ2v) is 3.00. The Kier molecular flexibility index (Phi) is 3.83. The molecule has 1 aromatic heterocycles. The predicted molar refractivity (Wildman–Crippen MR) is 55.5 cm³/mol. The largest absolute Gasteiger partial charge is 0.295 e. The van der Waals surface area contributed by atoms with Crippen LogP contribution in [0.15, 0.2) is 12.4 Å². The lowest BCUT2D eigenvalue weighted by molar-refractivity contribution is -0.116. The van der Waals surface area contributed by atoms with E-state index in [9.17, 15) is 4.79 Å². The molecule has 1 aromatic rings. The molecule has 0 spiro atoms. The second-order valence-electron chi connectivity index (χ2n) is 2.74. The van der Waals surface area contributed by atoms with E-state index in [1.54, 1.807) is 12.4 Å². The molecule has 0 radical (unpaired) electrons. The van der Waals surface area contributed by atoms with Gasteiger partial charge in [-0.3, -0.25) is 14.7 Å². The van der Waals surface area contributed by atoms with E-state index in [-0.39, 0.29) is 11.8 Å². The highest BCUT2D eigenvalue weighted by molar-refractivity contribution is 6.29. The summed E-state index contributed by atoms with van der Waals surface area (Å²) in [6.45, 7) is 4.23. The van der Waals surface area contributed by atoms with Crippen molar-refractivity contribution >= 4 is 23.3 Å². The van der Waals surface area contributed by atoms with Gasteiger partial charge in [0.2, 0.25) is 5.91 Å². The number of rotatable bonds is 3. The molecule has 4 nitrogen and oxygen atoms in total. The van der Waals surface area contributed by atoms with Gasteiger partial charge >= 0.3 is 0 Å². The lowest BCUT2D eigenvalue weighted by Gasteiger charge is -2.19. The van der Waals surface area contributed by atoms with E-state index in [1.807, 2.05) is 13.8 Å². The van der Waals surface area contributed by atoms with Crippen molar-refractivity contribution in [2.24, 2.45) is 0 Å². The number of nitrogens with zero attached hydrogens (tertiary/aromatic N) is 3. The first-order valence-corrected chi connectivity index (χ1v) is 4.88. The molecule has 0 bridgehead atoms. The van der Waals surface area contributed by atoms with Crippen molar-refractivity contribution in [2.45, 2.75) is 13.8 Å². The molecule has 14 heavy (non-hydrogen) atoms. The highest BCUT2D eigenvalue weighted by atomic mass is 35.5. The molecule has 76 valence electrons. The maximum absolute atomic E-state index is 11.4. The van der Waals surface area contributed by atoms with E-state index < -0.39 is 0 Å². The molecule has 1 amide bonds. The van der Waals surface area contributed by atoms with Crippen LogP contribution in [0.25, 0.3) is 0 Å². The van der Waals surface area contributed by atoms with Crippen LogP contribution in [0.3, 0.4) is 0 Å². The van der Waals surface area contributed by atoms with E-state index in [1.165, 1.54) is 4.90 Å². The number of carbonyl (C=O) groups excluding carboxylic acids is 1. The SMILES string of the molecule is CCN(C(=O)CCl)c1nccnc1C. The Bertz CT molecular complexity index is 330. The summed E-state index contributed by atoms with van der Waals surface area (Å²) in [5, 5.41) is 0. The fourth-order valence-electron chi connectivity index (χ4n) is 1.18. The van der Waals surface area contributed by atoms with Crippen molar-refractivity contribution in [1.29, 1.82) is 0 Å². The van der Waals surface area contributed by atoms with Gasteiger partial charge in [-0.05, 0) is 13.8 Å². The first kappa shape index (κ1) is 10.9. The van der Waals surface area contributed by atoms with Crippen LogP contribution in [0.2, 0.25) is 0 Å². The fourth-order valence-corrected chi connectivity index (χ4v) is 1.33. The van der Waals surface area contributed by atoms with Crippen molar-refractivity contribution < 1.29 is 4.79 Å². The van der Waals surface area contributed by atoms with Crippen LogP contribution < -0.4 is 4.90 Å². The predicted octanol–water partition coefficient (Wildman–Crippen LogP) is 1.38. The Labute approximate surface area is 87.9 Å². The Morgan fingerprint density at radius 3 is 2.64 bits per heavy atom. The van der Waals surface area contributed by atoms with Crippen molar-refractivity contribution in [3.05, 3.63) is 18.1 Å². The molecule has 1 rings (SSSR count). The lowest BCUT2D eigenvalue weighted by Crippen LogP contribution is -2.33. The van der Waals surface area contributed by atoms with Gasteiger partial charge in [0.1, 0.15) is 5.88 Å². The molecular formula is C9H12ClN3O. The maximum atomic E-state index is 11.4. The number of alkyl halides is 1. The molecule has 0 fully saturated rings. The van der Waals surface area contributed by atoms with Gasteiger partial charge in [0.15, 0.2) is 5.82 Å². The van der Waals surface area contributed by atoms with Crippen LogP contribution in [0.1, 0.15) is 12.6 Å². The maximum Gasteiger partial charge on any atom is 0.243 e. The standard InChI is InChI=1S/C9H12ClN3O/c1-3-13(8(14)6-10)9-7(2)11-4-5-12-9/h4-5H,3,6H2,1-2H3. The van der Waals surface area contributed by atoms with Crippen molar-refractivity contribution in [2.75, 3.05) is 17.3 Å². The van der Waals surface area contributed by atoms with Gasteiger partial charge in [0, 0.05) is 18.9 Å². The minimum Gasteiger partial charge on any atom is -0.295 e. The van der Waals surface area contributed by atoms with Crippen molar-refractivity contribution in [3.63, 3.8) is 0 Å². The van der Waals surface area contributed by atoms with Gasteiger partial charge in [-0.2, -0.15) is 0 Å². The molecule has 0 aromatic carbocycles. The van der Waals surface area contributed by atoms with E-state index in [2.05, 4.69) is 9.97 Å². The number of hydrogen-bond acceptors (Lipinski definition) is 3. The molecule has 0 aliphatic rings. The van der Waals surface area contributed by atoms with Crippen molar-refractivity contribution in [3.8, 4) is 0 Å². The third-order valence-electron chi connectivity index (χ3n) is 1.84. The number of carbonyl (C=O) groups is 1. The topological polar surface area (TPSA) is 46.1 Å². The Balaban J connectivity index is 3.01. The van der Waals surface area contributed by atoms with E-state index in [0.29, 0.717) is 12.4 Å². The molecule has 0 aliphatic carbocycles. The van der Waals surface area contributed by atoms with E-state index >= 15 is 0 Å².